The first-order valence-corrected chi connectivity index (χ1v) is 8.06. The second-order valence-electron chi connectivity index (χ2n) is 7.31. The SMILES string of the molecule is O=C(O)C(CC1C2CC3CC(C2)CC1C3)n1cccc1. The minimum atomic E-state index is -0.671. The van der Waals surface area contributed by atoms with E-state index >= 15 is 0 Å². The molecule has 3 heteroatoms. The number of hydrogen-bond acceptors (Lipinski definition) is 1. The van der Waals surface area contributed by atoms with Crippen LogP contribution in [0.1, 0.15) is 44.6 Å². The normalized spacial score (nSPS) is 39.9. The van der Waals surface area contributed by atoms with Gasteiger partial charge in [-0.2, -0.15) is 0 Å². The highest BCUT2D eigenvalue weighted by molar-refractivity contribution is 5.71. The van der Waals surface area contributed by atoms with Crippen molar-refractivity contribution >= 4 is 5.97 Å². The zero-order valence-electron chi connectivity index (χ0n) is 11.8. The summed E-state index contributed by atoms with van der Waals surface area (Å²) in [6.45, 7) is 0. The molecule has 0 amide bonds. The number of carbonyl (C=O) groups is 1. The van der Waals surface area contributed by atoms with Crippen molar-refractivity contribution < 1.29 is 9.90 Å². The first-order chi connectivity index (χ1) is 9.70. The van der Waals surface area contributed by atoms with Crippen LogP contribution in [0, 0.1) is 29.6 Å². The molecule has 4 aliphatic rings. The minimum Gasteiger partial charge on any atom is -0.480 e. The van der Waals surface area contributed by atoms with Gasteiger partial charge in [0.1, 0.15) is 6.04 Å². The lowest BCUT2D eigenvalue weighted by Gasteiger charge is -2.55. The van der Waals surface area contributed by atoms with Crippen LogP contribution in [0.15, 0.2) is 24.5 Å². The molecule has 0 spiro atoms. The van der Waals surface area contributed by atoms with Gasteiger partial charge in [0.15, 0.2) is 0 Å². The van der Waals surface area contributed by atoms with Gasteiger partial charge >= 0.3 is 5.97 Å². The van der Waals surface area contributed by atoms with E-state index in [1.807, 2.05) is 29.1 Å². The Bertz CT molecular complexity index is 465. The Morgan fingerprint density at radius 2 is 1.60 bits per heavy atom. The average Bonchev–Trinajstić information content (AvgIpc) is 2.90. The Morgan fingerprint density at radius 1 is 1.05 bits per heavy atom. The van der Waals surface area contributed by atoms with Gasteiger partial charge in [0.2, 0.25) is 0 Å². The number of aromatic nitrogens is 1. The summed E-state index contributed by atoms with van der Waals surface area (Å²) in [6.07, 6.45) is 11.6. The molecular formula is C17H23NO2. The first-order valence-electron chi connectivity index (χ1n) is 8.06. The smallest absolute Gasteiger partial charge is 0.326 e. The van der Waals surface area contributed by atoms with Gasteiger partial charge in [-0.05, 0) is 80.2 Å². The quantitative estimate of drug-likeness (QED) is 0.911. The van der Waals surface area contributed by atoms with Crippen molar-refractivity contribution in [2.45, 2.75) is 44.6 Å². The zero-order chi connectivity index (χ0) is 13.7. The fourth-order valence-electron chi connectivity index (χ4n) is 5.59. The summed E-state index contributed by atoms with van der Waals surface area (Å²) in [5.41, 5.74) is 0. The second-order valence-corrected chi connectivity index (χ2v) is 7.31. The summed E-state index contributed by atoms with van der Waals surface area (Å²) < 4.78 is 1.88. The molecule has 3 nitrogen and oxygen atoms in total. The van der Waals surface area contributed by atoms with Crippen molar-refractivity contribution in [1.82, 2.24) is 4.57 Å². The summed E-state index contributed by atoms with van der Waals surface area (Å²) in [4.78, 5) is 11.6. The van der Waals surface area contributed by atoms with Crippen LogP contribution in [-0.4, -0.2) is 15.6 Å². The highest BCUT2D eigenvalue weighted by Gasteiger charge is 2.48. The van der Waals surface area contributed by atoms with Crippen LogP contribution in [0.4, 0.5) is 0 Å². The Hall–Kier alpha value is -1.25. The van der Waals surface area contributed by atoms with Gasteiger partial charge in [-0.3, -0.25) is 0 Å². The molecule has 1 atom stereocenters. The molecule has 0 aromatic carbocycles. The number of rotatable bonds is 4. The number of carboxylic acid groups (broad SMARTS) is 1. The molecule has 4 saturated carbocycles. The first kappa shape index (κ1) is 12.5. The minimum absolute atomic E-state index is 0.368. The van der Waals surface area contributed by atoms with E-state index < -0.39 is 5.97 Å². The van der Waals surface area contributed by atoms with Crippen molar-refractivity contribution in [3.8, 4) is 0 Å². The molecule has 0 saturated heterocycles. The van der Waals surface area contributed by atoms with Gasteiger partial charge in [-0.25, -0.2) is 4.79 Å². The van der Waals surface area contributed by atoms with Gasteiger partial charge in [-0.1, -0.05) is 0 Å². The van der Waals surface area contributed by atoms with Crippen molar-refractivity contribution in [2.75, 3.05) is 0 Å². The number of nitrogens with zero attached hydrogens (tertiary/aromatic N) is 1. The van der Waals surface area contributed by atoms with E-state index in [1.54, 1.807) is 0 Å². The molecule has 1 heterocycles. The summed E-state index contributed by atoms with van der Waals surface area (Å²) in [5, 5.41) is 9.58. The van der Waals surface area contributed by atoms with Gasteiger partial charge in [0.05, 0.1) is 0 Å². The van der Waals surface area contributed by atoms with Crippen LogP contribution in [0.3, 0.4) is 0 Å². The van der Waals surface area contributed by atoms with Crippen LogP contribution in [-0.2, 0) is 4.79 Å². The van der Waals surface area contributed by atoms with Crippen LogP contribution in [0.2, 0.25) is 0 Å². The molecule has 1 aromatic rings. The fraction of sp³-hybridized carbons (Fsp3) is 0.706. The van der Waals surface area contributed by atoms with E-state index in [0.717, 1.165) is 30.1 Å². The predicted octanol–water partition coefficient (Wildman–Crippen LogP) is 3.58. The largest absolute Gasteiger partial charge is 0.480 e. The van der Waals surface area contributed by atoms with Crippen LogP contribution >= 0.6 is 0 Å². The third kappa shape index (κ3) is 1.99. The Morgan fingerprint density at radius 3 is 2.10 bits per heavy atom. The summed E-state index contributed by atoms with van der Waals surface area (Å²) in [6, 6.07) is 3.48. The van der Waals surface area contributed by atoms with E-state index in [1.165, 1.54) is 32.1 Å². The molecule has 20 heavy (non-hydrogen) atoms. The number of aliphatic carboxylic acids is 1. The number of hydrogen-bond donors (Lipinski definition) is 1. The van der Waals surface area contributed by atoms with Gasteiger partial charge < -0.3 is 9.67 Å². The average molecular weight is 273 g/mol. The van der Waals surface area contributed by atoms with Crippen LogP contribution < -0.4 is 0 Å². The third-order valence-corrected chi connectivity index (χ3v) is 6.19. The highest BCUT2D eigenvalue weighted by atomic mass is 16.4. The highest BCUT2D eigenvalue weighted by Crippen LogP contribution is 2.58. The molecule has 0 radical (unpaired) electrons. The lowest BCUT2D eigenvalue weighted by atomic mass is 9.51. The second kappa shape index (κ2) is 4.64. The molecule has 4 bridgehead atoms. The maximum atomic E-state index is 11.6. The monoisotopic (exact) mass is 273 g/mol. The zero-order valence-corrected chi connectivity index (χ0v) is 11.8. The Balaban J connectivity index is 1.54. The molecule has 1 N–H and O–H groups in total. The lowest BCUT2D eigenvalue weighted by molar-refractivity contribution is -0.142. The molecular weight excluding hydrogens is 250 g/mol. The predicted molar refractivity (Wildman–Crippen MR) is 76.3 cm³/mol. The van der Waals surface area contributed by atoms with E-state index in [0.29, 0.717) is 5.92 Å². The Kier molecular flexibility index (Phi) is 2.90. The molecule has 5 rings (SSSR count). The van der Waals surface area contributed by atoms with Crippen molar-refractivity contribution in [1.29, 1.82) is 0 Å². The van der Waals surface area contributed by atoms with Crippen LogP contribution in [0.25, 0.3) is 0 Å². The third-order valence-electron chi connectivity index (χ3n) is 6.19. The van der Waals surface area contributed by atoms with Gasteiger partial charge in [0.25, 0.3) is 0 Å². The molecule has 1 aromatic heterocycles. The van der Waals surface area contributed by atoms with E-state index in [-0.39, 0.29) is 6.04 Å². The van der Waals surface area contributed by atoms with E-state index in [2.05, 4.69) is 0 Å². The fourth-order valence-corrected chi connectivity index (χ4v) is 5.59. The standard InChI is InChI=1S/C17H23NO2/c19-17(20)16(18-3-1-2-4-18)10-15-13-6-11-5-12(8-13)9-14(15)7-11/h1-4,11-16H,5-10H2,(H,19,20). The molecule has 1 unspecified atom stereocenters. The summed E-state index contributed by atoms with van der Waals surface area (Å²) >= 11 is 0. The summed E-state index contributed by atoms with van der Waals surface area (Å²) in [7, 11) is 0. The van der Waals surface area contributed by atoms with Crippen molar-refractivity contribution in [2.24, 2.45) is 29.6 Å². The van der Waals surface area contributed by atoms with Gasteiger partial charge in [0, 0.05) is 12.4 Å². The maximum Gasteiger partial charge on any atom is 0.326 e. The maximum absolute atomic E-state index is 11.6. The Labute approximate surface area is 120 Å². The van der Waals surface area contributed by atoms with Gasteiger partial charge in [-0.15, -0.1) is 0 Å². The molecule has 4 aliphatic carbocycles. The van der Waals surface area contributed by atoms with E-state index in [4.69, 9.17) is 0 Å². The van der Waals surface area contributed by atoms with Crippen molar-refractivity contribution in [3.05, 3.63) is 24.5 Å². The lowest BCUT2D eigenvalue weighted by Crippen LogP contribution is -2.46. The molecule has 4 fully saturated rings. The summed E-state index contributed by atoms with van der Waals surface area (Å²) in [5.74, 6) is 3.51. The van der Waals surface area contributed by atoms with Crippen molar-refractivity contribution in [3.63, 3.8) is 0 Å². The topological polar surface area (TPSA) is 42.2 Å². The van der Waals surface area contributed by atoms with Crippen LogP contribution in [0.5, 0.6) is 0 Å². The number of carboxylic acids is 1. The molecule has 108 valence electrons. The molecule has 0 aliphatic heterocycles. The van der Waals surface area contributed by atoms with E-state index in [9.17, 15) is 9.90 Å².